The van der Waals surface area contributed by atoms with Crippen LogP contribution in [-0.4, -0.2) is 18.8 Å². The van der Waals surface area contributed by atoms with Crippen LogP contribution in [0.15, 0.2) is 0 Å². The van der Waals surface area contributed by atoms with Crippen LogP contribution < -0.4 is 5.32 Å². The van der Waals surface area contributed by atoms with Gasteiger partial charge < -0.3 is 5.32 Å². The third-order valence-corrected chi connectivity index (χ3v) is 1.07. The summed E-state index contributed by atoms with van der Waals surface area (Å²) >= 11 is 0. The Labute approximate surface area is 63.0 Å². The van der Waals surface area contributed by atoms with E-state index in [9.17, 15) is 13.2 Å². The number of hydrogen-bond acceptors (Lipinski definition) is 2. The van der Waals surface area contributed by atoms with Crippen molar-refractivity contribution in [3.05, 3.63) is 0 Å². The number of halogens is 3. The van der Waals surface area contributed by atoms with Crippen LogP contribution in [0.3, 0.4) is 0 Å². The fourth-order valence-corrected chi connectivity index (χ4v) is 0.639. The van der Waals surface area contributed by atoms with Gasteiger partial charge in [-0.05, 0) is 6.92 Å². The molecule has 0 aliphatic heterocycles. The molecule has 1 atom stereocenters. The summed E-state index contributed by atoms with van der Waals surface area (Å²) in [4.78, 5) is 0. The Bertz CT molecular complexity index is 147. The minimum atomic E-state index is -4.15. The molecule has 0 aromatic rings. The smallest absolute Gasteiger partial charge is 0.302 e. The van der Waals surface area contributed by atoms with Gasteiger partial charge in [-0.3, -0.25) is 0 Å². The van der Waals surface area contributed by atoms with Crippen molar-refractivity contribution in [3.63, 3.8) is 0 Å². The highest BCUT2D eigenvalue weighted by Gasteiger charge is 2.29. The van der Waals surface area contributed by atoms with Gasteiger partial charge in [-0.25, -0.2) is 0 Å². The first kappa shape index (κ1) is 10.2. The van der Waals surface area contributed by atoms with Crippen LogP contribution in [0.2, 0.25) is 0 Å². The second kappa shape index (κ2) is 4.19. The Morgan fingerprint density at radius 1 is 1.55 bits per heavy atom. The van der Waals surface area contributed by atoms with Crippen LogP contribution in [0, 0.1) is 11.3 Å². The summed E-state index contributed by atoms with van der Waals surface area (Å²) < 4.78 is 34.8. The van der Waals surface area contributed by atoms with Crippen molar-refractivity contribution < 1.29 is 13.2 Å². The van der Waals surface area contributed by atoms with Crippen LogP contribution in [0.1, 0.15) is 13.3 Å². The van der Waals surface area contributed by atoms with E-state index in [1.54, 1.807) is 6.07 Å². The Kier molecular flexibility index (Phi) is 3.90. The number of rotatable bonds is 3. The Morgan fingerprint density at radius 2 is 2.09 bits per heavy atom. The maximum atomic E-state index is 11.6. The molecule has 0 aromatic carbocycles. The maximum Gasteiger partial charge on any atom is 0.390 e. The molecule has 0 saturated heterocycles. The Morgan fingerprint density at radius 3 is 2.45 bits per heavy atom. The van der Waals surface area contributed by atoms with Gasteiger partial charge in [0, 0.05) is 6.04 Å². The lowest BCUT2D eigenvalue weighted by molar-refractivity contribution is -0.138. The molecule has 0 aromatic heterocycles. The molecule has 0 spiro atoms. The minimum absolute atomic E-state index is 0.0444. The molecule has 0 radical (unpaired) electrons. The summed E-state index contributed by atoms with van der Waals surface area (Å²) in [6.07, 6.45) is -5.05. The van der Waals surface area contributed by atoms with Crippen molar-refractivity contribution in [1.29, 1.82) is 5.26 Å². The van der Waals surface area contributed by atoms with Gasteiger partial charge >= 0.3 is 6.18 Å². The fraction of sp³-hybridized carbons (Fsp3) is 0.833. The topological polar surface area (TPSA) is 35.8 Å². The summed E-state index contributed by atoms with van der Waals surface area (Å²) in [5.41, 5.74) is 0. The van der Waals surface area contributed by atoms with Crippen LogP contribution in [0.4, 0.5) is 13.2 Å². The third-order valence-electron chi connectivity index (χ3n) is 1.07. The van der Waals surface area contributed by atoms with Crippen molar-refractivity contribution >= 4 is 0 Å². The van der Waals surface area contributed by atoms with Crippen molar-refractivity contribution in [1.82, 2.24) is 5.32 Å². The van der Waals surface area contributed by atoms with Crippen LogP contribution in [0.5, 0.6) is 0 Å². The second-order valence-corrected chi connectivity index (χ2v) is 2.26. The zero-order valence-electron chi connectivity index (χ0n) is 6.07. The van der Waals surface area contributed by atoms with Gasteiger partial charge in [0.05, 0.1) is 19.0 Å². The molecule has 0 aliphatic carbocycles. The summed E-state index contributed by atoms with van der Waals surface area (Å²) in [7, 11) is 0. The number of hydrogen-bond donors (Lipinski definition) is 1. The van der Waals surface area contributed by atoms with Crippen LogP contribution >= 0.6 is 0 Å². The van der Waals surface area contributed by atoms with Crippen LogP contribution in [0.25, 0.3) is 0 Å². The average Bonchev–Trinajstić information content (AvgIpc) is 1.79. The molecule has 0 rings (SSSR count). The van der Waals surface area contributed by atoms with Crippen molar-refractivity contribution in [2.24, 2.45) is 0 Å². The lowest BCUT2D eigenvalue weighted by Crippen LogP contribution is -2.31. The third kappa shape index (κ3) is 7.13. The predicted octanol–water partition coefficient (Wildman–Crippen LogP) is 1.44. The SMILES string of the molecule is CC(CC(F)(F)F)NCC#N. The second-order valence-electron chi connectivity index (χ2n) is 2.26. The molecule has 1 N–H and O–H groups in total. The van der Waals surface area contributed by atoms with E-state index in [1.165, 1.54) is 6.92 Å². The van der Waals surface area contributed by atoms with Gasteiger partial charge in [0.2, 0.25) is 0 Å². The molecular weight excluding hydrogens is 157 g/mol. The molecule has 11 heavy (non-hydrogen) atoms. The highest BCUT2D eigenvalue weighted by molar-refractivity contribution is 4.76. The molecule has 0 bridgehead atoms. The molecule has 0 aliphatic rings. The minimum Gasteiger partial charge on any atom is -0.302 e. The van der Waals surface area contributed by atoms with E-state index in [0.29, 0.717) is 0 Å². The number of nitrogens with zero attached hydrogens (tertiary/aromatic N) is 1. The number of nitriles is 1. The van der Waals surface area contributed by atoms with E-state index < -0.39 is 18.6 Å². The largest absolute Gasteiger partial charge is 0.390 e. The Hall–Kier alpha value is -0.760. The lowest BCUT2D eigenvalue weighted by Gasteiger charge is -2.13. The quantitative estimate of drug-likeness (QED) is 0.644. The van der Waals surface area contributed by atoms with Crippen LogP contribution in [-0.2, 0) is 0 Å². The first-order valence-corrected chi connectivity index (χ1v) is 3.13. The highest BCUT2D eigenvalue weighted by Crippen LogP contribution is 2.20. The van der Waals surface area contributed by atoms with E-state index in [0.717, 1.165) is 0 Å². The average molecular weight is 166 g/mol. The van der Waals surface area contributed by atoms with Gasteiger partial charge in [0.1, 0.15) is 0 Å². The monoisotopic (exact) mass is 166 g/mol. The standard InChI is InChI=1S/C6H9F3N2/c1-5(11-3-2-10)4-6(7,8)9/h5,11H,3-4H2,1H3. The molecule has 1 unspecified atom stereocenters. The summed E-state index contributed by atoms with van der Waals surface area (Å²) in [6.45, 7) is 1.35. The summed E-state index contributed by atoms with van der Waals surface area (Å²) in [6, 6.07) is 1.02. The van der Waals surface area contributed by atoms with Gasteiger partial charge in [0.15, 0.2) is 0 Å². The summed E-state index contributed by atoms with van der Waals surface area (Å²) in [5, 5.41) is 10.4. The zero-order chi connectivity index (χ0) is 8.91. The molecule has 0 amide bonds. The first-order valence-electron chi connectivity index (χ1n) is 3.13. The van der Waals surface area contributed by atoms with Gasteiger partial charge in [-0.2, -0.15) is 18.4 Å². The van der Waals surface area contributed by atoms with Crippen molar-refractivity contribution in [2.75, 3.05) is 6.54 Å². The van der Waals surface area contributed by atoms with Gasteiger partial charge in [-0.15, -0.1) is 0 Å². The molecule has 0 saturated carbocycles. The van der Waals surface area contributed by atoms with E-state index in [4.69, 9.17) is 5.26 Å². The molecule has 2 nitrogen and oxygen atoms in total. The predicted molar refractivity (Wildman–Crippen MR) is 33.7 cm³/mol. The molecular formula is C6H9F3N2. The molecule has 0 heterocycles. The van der Waals surface area contributed by atoms with Gasteiger partial charge in [-0.1, -0.05) is 0 Å². The maximum absolute atomic E-state index is 11.6. The first-order chi connectivity index (χ1) is 4.95. The zero-order valence-corrected chi connectivity index (χ0v) is 6.07. The van der Waals surface area contributed by atoms with E-state index in [2.05, 4.69) is 5.32 Å². The van der Waals surface area contributed by atoms with Crippen molar-refractivity contribution in [2.45, 2.75) is 25.6 Å². The van der Waals surface area contributed by atoms with E-state index >= 15 is 0 Å². The van der Waals surface area contributed by atoms with E-state index in [-0.39, 0.29) is 6.54 Å². The lowest BCUT2D eigenvalue weighted by atomic mass is 10.2. The summed E-state index contributed by atoms with van der Waals surface area (Å²) in [5.74, 6) is 0. The fourth-order valence-electron chi connectivity index (χ4n) is 0.639. The Balaban J connectivity index is 3.54. The normalized spacial score (nSPS) is 14.1. The number of alkyl halides is 3. The molecule has 64 valence electrons. The van der Waals surface area contributed by atoms with E-state index in [1.807, 2.05) is 0 Å². The number of nitrogens with one attached hydrogen (secondary N) is 1. The highest BCUT2D eigenvalue weighted by atomic mass is 19.4. The van der Waals surface area contributed by atoms with Gasteiger partial charge in [0.25, 0.3) is 0 Å². The molecule has 5 heteroatoms. The van der Waals surface area contributed by atoms with Crippen molar-refractivity contribution in [3.8, 4) is 6.07 Å². The molecule has 0 fully saturated rings.